The zero-order valence-corrected chi connectivity index (χ0v) is 12.4. The van der Waals surface area contributed by atoms with E-state index in [1.807, 2.05) is 0 Å². The molecule has 0 aromatic carbocycles. The van der Waals surface area contributed by atoms with Crippen LogP contribution in [-0.4, -0.2) is 41.0 Å². The van der Waals surface area contributed by atoms with Crippen LogP contribution in [0.15, 0.2) is 35.0 Å². The Balaban J connectivity index is 1.61. The highest BCUT2D eigenvalue weighted by Gasteiger charge is 2.68. The van der Waals surface area contributed by atoms with Crippen molar-refractivity contribution in [2.24, 2.45) is 11.8 Å². The lowest BCUT2D eigenvalue weighted by Gasteiger charge is -2.27. The molecule has 2 fully saturated rings. The molecule has 3 aliphatic rings. The smallest absolute Gasteiger partial charge is 0.302 e. The first kappa shape index (κ1) is 14.2. The number of imide groups is 1. The first-order chi connectivity index (χ1) is 11.0. The van der Waals surface area contributed by atoms with Crippen molar-refractivity contribution in [3.8, 4) is 0 Å². The Morgan fingerprint density at radius 1 is 1.39 bits per heavy atom. The molecule has 4 rings (SSSR count). The van der Waals surface area contributed by atoms with E-state index < -0.39 is 29.5 Å². The maximum atomic E-state index is 12.8. The number of rotatable bonds is 4. The van der Waals surface area contributed by atoms with Crippen molar-refractivity contribution < 1.29 is 28.3 Å². The van der Waals surface area contributed by atoms with Crippen LogP contribution in [0.5, 0.6) is 0 Å². The molecule has 0 radical (unpaired) electrons. The normalized spacial score (nSPS) is 34.3. The van der Waals surface area contributed by atoms with Crippen LogP contribution < -0.4 is 0 Å². The van der Waals surface area contributed by atoms with Crippen molar-refractivity contribution in [1.82, 2.24) is 4.90 Å². The molecule has 0 unspecified atom stereocenters. The van der Waals surface area contributed by atoms with Gasteiger partial charge in [-0.25, -0.2) is 0 Å². The van der Waals surface area contributed by atoms with E-state index in [1.165, 1.54) is 18.1 Å². The van der Waals surface area contributed by atoms with Crippen molar-refractivity contribution in [3.05, 3.63) is 36.3 Å². The van der Waals surface area contributed by atoms with Gasteiger partial charge in [0.1, 0.15) is 18.0 Å². The van der Waals surface area contributed by atoms with Crippen LogP contribution in [0, 0.1) is 11.8 Å². The van der Waals surface area contributed by atoms with Crippen LogP contribution in [0.3, 0.4) is 0 Å². The number of fused-ring (bicyclic) bond motifs is 5. The average Bonchev–Trinajstić information content (AvgIpc) is 3.26. The molecule has 4 atom stereocenters. The monoisotopic (exact) mass is 317 g/mol. The number of nitrogens with zero attached hydrogens (tertiary/aromatic N) is 1. The third-order valence-corrected chi connectivity index (χ3v) is 4.64. The summed E-state index contributed by atoms with van der Waals surface area (Å²) in [6, 6.07) is 3.42. The SMILES string of the molecule is CC(=O)OC[C@@]12C=C[C@@H](O1)[C@@H]1C(=O)N(Cc3ccco3)C(=O)[C@@H]12. The van der Waals surface area contributed by atoms with Gasteiger partial charge in [0.05, 0.1) is 30.7 Å². The number of esters is 1. The molecule has 0 aliphatic carbocycles. The Kier molecular flexibility index (Phi) is 2.96. The van der Waals surface area contributed by atoms with Crippen LogP contribution in [0.1, 0.15) is 12.7 Å². The fraction of sp³-hybridized carbons (Fsp3) is 0.438. The summed E-state index contributed by atoms with van der Waals surface area (Å²) in [5.41, 5.74) is -1.04. The van der Waals surface area contributed by atoms with Crippen LogP contribution in [0.25, 0.3) is 0 Å². The molecule has 2 saturated heterocycles. The van der Waals surface area contributed by atoms with Gasteiger partial charge in [0.25, 0.3) is 0 Å². The first-order valence-electron chi connectivity index (χ1n) is 7.40. The van der Waals surface area contributed by atoms with Gasteiger partial charge in [-0.1, -0.05) is 6.08 Å². The Morgan fingerprint density at radius 3 is 2.91 bits per heavy atom. The minimum absolute atomic E-state index is 0.0654. The lowest BCUT2D eigenvalue weighted by molar-refractivity contribution is -0.155. The summed E-state index contributed by atoms with van der Waals surface area (Å²) in [6.45, 7) is 1.34. The van der Waals surface area contributed by atoms with Crippen molar-refractivity contribution in [2.75, 3.05) is 6.61 Å². The van der Waals surface area contributed by atoms with E-state index in [1.54, 1.807) is 24.3 Å². The first-order valence-corrected chi connectivity index (χ1v) is 7.40. The number of hydrogen-bond acceptors (Lipinski definition) is 6. The third-order valence-electron chi connectivity index (χ3n) is 4.64. The summed E-state index contributed by atoms with van der Waals surface area (Å²) >= 11 is 0. The summed E-state index contributed by atoms with van der Waals surface area (Å²) in [4.78, 5) is 37.7. The predicted octanol–water partition coefficient (Wildman–Crippen LogP) is 0.651. The fourth-order valence-electron chi connectivity index (χ4n) is 3.66. The molecule has 7 heteroatoms. The van der Waals surface area contributed by atoms with Gasteiger partial charge in [0.2, 0.25) is 11.8 Å². The molecule has 4 heterocycles. The highest BCUT2D eigenvalue weighted by molar-refractivity contribution is 6.07. The standard InChI is InChI=1S/C16H15NO6/c1-9(18)22-8-16-5-4-11(23-16)12-13(16)15(20)17(14(12)19)7-10-3-2-6-21-10/h2-6,11-13H,7-8H2,1H3/t11-,12+,13-,16-/m1/s1. The van der Waals surface area contributed by atoms with E-state index in [0.717, 1.165) is 0 Å². The van der Waals surface area contributed by atoms with Gasteiger partial charge < -0.3 is 13.9 Å². The second kappa shape index (κ2) is 4.79. The second-order valence-corrected chi connectivity index (χ2v) is 6.02. The maximum absolute atomic E-state index is 12.8. The molecular weight excluding hydrogens is 302 g/mol. The van der Waals surface area contributed by atoms with Gasteiger partial charge in [0.15, 0.2) is 0 Å². The third kappa shape index (κ3) is 1.96. The molecule has 120 valence electrons. The quantitative estimate of drug-likeness (QED) is 0.460. The van der Waals surface area contributed by atoms with Crippen LogP contribution >= 0.6 is 0 Å². The van der Waals surface area contributed by atoms with E-state index in [9.17, 15) is 14.4 Å². The van der Waals surface area contributed by atoms with Crippen molar-refractivity contribution >= 4 is 17.8 Å². The summed E-state index contributed by atoms with van der Waals surface area (Å²) in [6.07, 6.45) is 4.56. The minimum atomic E-state index is -1.04. The van der Waals surface area contributed by atoms with Crippen LogP contribution in [0.2, 0.25) is 0 Å². The van der Waals surface area contributed by atoms with Crippen LogP contribution in [-0.2, 0) is 30.4 Å². The second-order valence-electron chi connectivity index (χ2n) is 6.02. The molecule has 0 saturated carbocycles. The minimum Gasteiger partial charge on any atom is -0.467 e. The number of furan rings is 1. The van der Waals surface area contributed by atoms with Gasteiger partial charge in [-0.2, -0.15) is 0 Å². The number of carbonyl (C=O) groups is 3. The van der Waals surface area contributed by atoms with E-state index >= 15 is 0 Å². The number of amides is 2. The predicted molar refractivity (Wildman–Crippen MR) is 74.6 cm³/mol. The maximum Gasteiger partial charge on any atom is 0.302 e. The largest absolute Gasteiger partial charge is 0.467 e. The Hall–Kier alpha value is -2.41. The summed E-state index contributed by atoms with van der Waals surface area (Å²) < 4.78 is 16.1. The molecule has 0 spiro atoms. The van der Waals surface area contributed by atoms with E-state index in [4.69, 9.17) is 13.9 Å². The Labute approximate surface area is 131 Å². The summed E-state index contributed by atoms with van der Waals surface area (Å²) in [7, 11) is 0. The van der Waals surface area contributed by atoms with Gasteiger partial charge in [-0.15, -0.1) is 0 Å². The Morgan fingerprint density at radius 2 is 2.22 bits per heavy atom. The van der Waals surface area contributed by atoms with Crippen molar-refractivity contribution in [1.29, 1.82) is 0 Å². The topological polar surface area (TPSA) is 86.1 Å². The van der Waals surface area contributed by atoms with Crippen molar-refractivity contribution in [2.45, 2.75) is 25.2 Å². The van der Waals surface area contributed by atoms with Gasteiger partial charge in [-0.3, -0.25) is 19.3 Å². The van der Waals surface area contributed by atoms with E-state index in [-0.39, 0.29) is 25.0 Å². The molecule has 7 nitrogen and oxygen atoms in total. The molecule has 23 heavy (non-hydrogen) atoms. The highest BCUT2D eigenvalue weighted by Crippen LogP contribution is 2.52. The molecule has 2 amide bonds. The van der Waals surface area contributed by atoms with Gasteiger partial charge >= 0.3 is 5.97 Å². The fourth-order valence-corrected chi connectivity index (χ4v) is 3.66. The number of likely N-dealkylation sites (tertiary alicyclic amines) is 1. The highest BCUT2D eigenvalue weighted by atomic mass is 16.6. The van der Waals surface area contributed by atoms with Gasteiger partial charge in [0, 0.05) is 6.92 Å². The lowest BCUT2D eigenvalue weighted by Crippen LogP contribution is -2.44. The summed E-state index contributed by atoms with van der Waals surface area (Å²) in [5.74, 6) is -1.70. The molecule has 3 aliphatic heterocycles. The molecular formula is C16H15NO6. The number of carbonyl (C=O) groups excluding carboxylic acids is 3. The van der Waals surface area contributed by atoms with Crippen LogP contribution in [0.4, 0.5) is 0 Å². The number of ether oxygens (including phenoxy) is 2. The van der Waals surface area contributed by atoms with E-state index in [0.29, 0.717) is 5.76 Å². The molecule has 1 aromatic heterocycles. The lowest BCUT2D eigenvalue weighted by atomic mass is 9.77. The zero-order chi connectivity index (χ0) is 16.2. The van der Waals surface area contributed by atoms with Crippen molar-refractivity contribution in [3.63, 3.8) is 0 Å². The molecule has 0 N–H and O–H groups in total. The van der Waals surface area contributed by atoms with E-state index in [2.05, 4.69) is 0 Å². The number of hydrogen-bond donors (Lipinski definition) is 0. The molecule has 1 aromatic rings. The zero-order valence-electron chi connectivity index (χ0n) is 12.4. The Bertz CT molecular complexity index is 708. The summed E-state index contributed by atoms with van der Waals surface area (Å²) in [5, 5.41) is 0. The molecule has 2 bridgehead atoms. The average molecular weight is 317 g/mol. The van der Waals surface area contributed by atoms with Gasteiger partial charge in [-0.05, 0) is 18.2 Å².